The molecule has 0 saturated carbocycles. The highest BCUT2D eigenvalue weighted by Gasteiger charge is 2.47. The second-order valence-corrected chi connectivity index (χ2v) is 7.34. The van der Waals surface area contributed by atoms with E-state index in [1.165, 1.54) is 5.69 Å². The van der Waals surface area contributed by atoms with E-state index in [1.54, 1.807) is 25.0 Å². The molecule has 1 N–H and O–H groups in total. The summed E-state index contributed by atoms with van der Waals surface area (Å²) >= 11 is 1.55. The summed E-state index contributed by atoms with van der Waals surface area (Å²) in [6.07, 6.45) is 8.13. The van der Waals surface area contributed by atoms with Gasteiger partial charge in [0.15, 0.2) is 5.16 Å². The van der Waals surface area contributed by atoms with Gasteiger partial charge in [-0.05, 0) is 25.2 Å². The van der Waals surface area contributed by atoms with Crippen LogP contribution in [0.5, 0.6) is 0 Å². The maximum atomic E-state index is 12.3. The Labute approximate surface area is 151 Å². The number of hydrogen-bond donors (Lipinski definition) is 1. The van der Waals surface area contributed by atoms with Gasteiger partial charge in [-0.2, -0.15) is 0 Å². The average molecular weight is 358 g/mol. The van der Waals surface area contributed by atoms with Crippen LogP contribution in [-0.4, -0.2) is 56.6 Å². The van der Waals surface area contributed by atoms with Gasteiger partial charge < -0.3 is 14.8 Å². The molecule has 4 rings (SSSR count). The lowest BCUT2D eigenvalue weighted by Gasteiger charge is -2.50. The molecule has 4 heterocycles. The Morgan fingerprint density at radius 3 is 2.80 bits per heavy atom. The van der Waals surface area contributed by atoms with Crippen LogP contribution in [0.1, 0.15) is 31.2 Å². The fourth-order valence-electron chi connectivity index (χ4n) is 4.16. The third-order valence-electron chi connectivity index (χ3n) is 5.36. The number of nitrogens with one attached hydrogen (secondary N) is 1. The second-order valence-electron chi connectivity index (χ2n) is 6.57. The number of aromatic amines is 1. The van der Waals surface area contributed by atoms with Gasteiger partial charge in [0, 0.05) is 44.9 Å². The molecule has 2 aromatic rings. The number of aromatic nitrogens is 4. The zero-order valence-electron chi connectivity index (χ0n) is 14.5. The molecule has 0 radical (unpaired) electrons. The Bertz CT molecular complexity index is 783. The molecule has 132 valence electrons. The molecule has 0 unspecified atom stereocenters. The van der Waals surface area contributed by atoms with Gasteiger partial charge in [-0.3, -0.25) is 4.79 Å². The Morgan fingerprint density at radius 1 is 1.28 bits per heavy atom. The van der Waals surface area contributed by atoms with Crippen molar-refractivity contribution in [3.63, 3.8) is 0 Å². The van der Waals surface area contributed by atoms with Gasteiger partial charge >= 0.3 is 0 Å². The highest BCUT2D eigenvalue weighted by atomic mass is 32.2. The summed E-state index contributed by atoms with van der Waals surface area (Å²) in [6, 6.07) is 1.96. The summed E-state index contributed by atoms with van der Waals surface area (Å²) in [6.45, 7) is 4.12. The van der Waals surface area contributed by atoms with E-state index in [2.05, 4.69) is 24.8 Å². The zero-order valence-corrected chi connectivity index (χ0v) is 15.3. The predicted octanol–water partition coefficient (Wildman–Crippen LogP) is 1.82. The number of thioether (sulfide) groups is 1. The molecule has 1 saturated heterocycles. The first-order valence-electron chi connectivity index (χ1n) is 8.57. The van der Waals surface area contributed by atoms with E-state index in [9.17, 15) is 4.79 Å². The highest BCUT2D eigenvalue weighted by Crippen LogP contribution is 2.42. The molecule has 7 nitrogen and oxygen atoms in total. The predicted molar refractivity (Wildman–Crippen MR) is 96.6 cm³/mol. The second kappa shape index (κ2) is 6.33. The average Bonchev–Trinajstić information content (AvgIpc) is 3.12. The van der Waals surface area contributed by atoms with E-state index >= 15 is 0 Å². The SMILES string of the molecule is CSc1nccc(N2CCC3(CC2)c2nc[nH]c2CCN3C(C)=O)n1. The Morgan fingerprint density at radius 2 is 2.08 bits per heavy atom. The molecule has 2 aromatic heterocycles. The minimum Gasteiger partial charge on any atom is -0.356 e. The van der Waals surface area contributed by atoms with Gasteiger partial charge in [-0.15, -0.1) is 0 Å². The summed E-state index contributed by atoms with van der Waals surface area (Å²) in [5.41, 5.74) is 1.95. The number of hydrogen-bond acceptors (Lipinski definition) is 6. The summed E-state index contributed by atoms with van der Waals surface area (Å²) in [4.78, 5) is 33.3. The maximum absolute atomic E-state index is 12.3. The van der Waals surface area contributed by atoms with Crippen LogP contribution in [-0.2, 0) is 16.8 Å². The van der Waals surface area contributed by atoms with Gasteiger partial charge in [0.25, 0.3) is 0 Å². The van der Waals surface area contributed by atoms with Gasteiger partial charge in [0.1, 0.15) is 5.82 Å². The molecule has 2 aliphatic heterocycles. The van der Waals surface area contributed by atoms with E-state index in [0.29, 0.717) is 0 Å². The largest absolute Gasteiger partial charge is 0.356 e. The van der Waals surface area contributed by atoms with Gasteiger partial charge in [0.2, 0.25) is 5.91 Å². The van der Waals surface area contributed by atoms with Crippen molar-refractivity contribution >= 4 is 23.5 Å². The van der Waals surface area contributed by atoms with Crippen LogP contribution in [0, 0.1) is 0 Å². The number of carbonyl (C=O) groups excluding carboxylic acids is 1. The Hall–Kier alpha value is -2.09. The van der Waals surface area contributed by atoms with Crippen molar-refractivity contribution in [2.75, 3.05) is 30.8 Å². The molecule has 25 heavy (non-hydrogen) atoms. The van der Waals surface area contributed by atoms with Crippen LogP contribution in [0.15, 0.2) is 23.7 Å². The normalized spacial score (nSPS) is 19.1. The van der Waals surface area contributed by atoms with Crippen molar-refractivity contribution in [3.8, 4) is 0 Å². The monoisotopic (exact) mass is 358 g/mol. The van der Waals surface area contributed by atoms with Crippen LogP contribution in [0.3, 0.4) is 0 Å². The molecule has 1 amide bonds. The highest BCUT2D eigenvalue weighted by molar-refractivity contribution is 7.98. The number of nitrogens with zero attached hydrogens (tertiary/aromatic N) is 5. The van der Waals surface area contributed by atoms with Crippen LogP contribution < -0.4 is 4.90 Å². The first kappa shape index (κ1) is 16.4. The molecule has 1 spiro atoms. The van der Waals surface area contributed by atoms with E-state index in [0.717, 1.165) is 55.6 Å². The minimum absolute atomic E-state index is 0.133. The van der Waals surface area contributed by atoms with Gasteiger partial charge in [-0.1, -0.05) is 11.8 Å². The first-order valence-corrected chi connectivity index (χ1v) is 9.79. The molecular weight excluding hydrogens is 336 g/mol. The smallest absolute Gasteiger partial charge is 0.220 e. The van der Waals surface area contributed by atoms with Crippen molar-refractivity contribution in [2.24, 2.45) is 0 Å². The summed E-state index contributed by atoms with van der Waals surface area (Å²) in [5, 5.41) is 0.787. The number of amides is 1. The quantitative estimate of drug-likeness (QED) is 0.652. The van der Waals surface area contributed by atoms with E-state index in [1.807, 2.05) is 23.4 Å². The Kier molecular flexibility index (Phi) is 4.15. The maximum Gasteiger partial charge on any atom is 0.220 e. The molecule has 0 aliphatic carbocycles. The molecule has 2 aliphatic rings. The fourth-order valence-corrected chi connectivity index (χ4v) is 4.51. The van der Waals surface area contributed by atoms with Crippen molar-refractivity contribution in [1.29, 1.82) is 0 Å². The molecule has 0 aromatic carbocycles. The number of rotatable bonds is 2. The topological polar surface area (TPSA) is 78.0 Å². The lowest BCUT2D eigenvalue weighted by atomic mass is 9.78. The standard InChI is InChI=1S/C17H22N6OS/c1-12(24)23-8-4-13-15(20-11-19-13)17(23)5-9-22(10-6-17)14-3-7-18-16(21-14)25-2/h3,7,11H,4-6,8-10H2,1-2H3,(H,19,20). The zero-order chi connectivity index (χ0) is 17.4. The molecule has 0 bridgehead atoms. The fraction of sp³-hybridized carbons (Fsp3) is 0.529. The summed E-state index contributed by atoms with van der Waals surface area (Å²) in [7, 11) is 0. The number of piperidine rings is 1. The van der Waals surface area contributed by atoms with Crippen molar-refractivity contribution in [2.45, 2.75) is 36.9 Å². The number of fused-ring (bicyclic) bond motifs is 2. The lowest BCUT2D eigenvalue weighted by molar-refractivity contribution is -0.138. The number of imidazole rings is 1. The van der Waals surface area contributed by atoms with E-state index in [4.69, 9.17) is 0 Å². The lowest BCUT2D eigenvalue weighted by Crippen LogP contribution is -2.58. The summed E-state index contributed by atoms with van der Waals surface area (Å²) in [5.74, 6) is 1.09. The number of carbonyl (C=O) groups is 1. The van der Waals surface area contributed by atoms with Crippen molar-refractivity contribution in [1.82, 2.24) is 24.8 Å². The van der Waals surface area contributed by atoms with E-state index < -0.39 is 0 Å². The molecule has 8 heteroatoms. The van der Waals surface area contributed by atoms with Crippen LogP contribution in [0.2, 0.25) is 0 Å². The van der Waals surface area contributed by atoms with Gasteiger partial charge in [0.05, 0.1) is 17.6 Å². The third kappa shape index (κ3) is 2.68. The minimum atomic E-state index is -0.286. The van der Waals surface area contributed by atoms with E-state index in [-0.39, 0.29) is 11.4 Å². The summed E-state index contributed by atoms with van der Waals surface area (Å²) < 4.78 is 0. The third-order valence-corrected chi connectivity index (χ3v) is 5.92. The van der Waals surface area contributed by atoms with Crippen LogP contribution in [0.25, 0.3) is 0 Å². The number of anilines is 1. The van der Waals surface area contributed by atoms with Crippen LogP contribution in [0.4, 0.5) is 5.82 Å². The van der Waals surface area contributed by atoms with Crippen molar-refractivity contribution in [3.05, 3.63) is 30.0 Å². The first-order chi connectivity index (χ1) is 12.1. The molecule has 1 fully saturated rings. The van der Waals surface area contributed by atoms with Crippen LogP contribution >= 0.6 is 11.8 Å². The van der Waals surface area contributed by atoms with Crippen molar-refractivity contribution < 1.29 is 4.79 Å². The Balaban J connectivity index is 1.61. The molecular formula is C17H22N6OS. The molecule has 0 atom stereocenters. The van der Waals surface area contributed by atoms with Gasteiger partial charge in [-0.25, -0.2) is 15.0 Å². The number of H-pyrrole nitrogens is 1.